The van der Waals surface area contributed by atoms with Crippen LogP contribution in [-0.2, 0) is 6.42 Å². The number of carbonyl (C=O) groups excluding carboxylic acids is 1. The van der Waals surface area contributed by atoms with Gasteiger partial charge in [-0.15, -0.1) is 0 Å². The Labute approximate surface area is 170 Å². The van der Waals surface area contributed by atoms with Crippen molar-refractivity contribution in [3.63, 3.8) is 0 Å². The van der Waals surface area contributed by atoms with Crippen molar-refractivity contribution in [2.24, 2.45) is 5.10 Å². The molecule has 1 aliphatic heterocycles. The Kier molecular flexibility index (Phi) is 5.38. The number of aromatic hydroxyl groups is 1. The number of rotatable bonds is 5. The predicted octanol–water partition coefficient (Wildman–Crippen LogP) is 4.73. The number of hydrogen-bond acceptors (Lipinski definition) is 4. The lowest BCUT2D eigenvalue weighted by Gasteiger charge is -2.22. The van der Waals surface area contributed by atoms with Gasteiger partial charge in [0, 0.05) is 18.8 Å². The number of pyridine rings is 1. The Bertz CT molecular complexity index is 1010. The summed E-state index contributed by atoms with van der Waals surface area (Å²) in [7, 11) is 0. The molecule has 0 radical (unpaired) electrons. The number of phenolic OH excluding ortho intramolecular Hbond substituents is 1. The molecule has 3 aromatic rings. The second-order valence-corrected chi connectivity index (χ2v) is 7.20. The molecule has 0 bridgehead atoms. The highest BCUT2D eigenvalue weighted by Crippen LogP contribution is 2.34. The van der Waals surface area contributed by atoms with Gasteiger partial charge >= 0.3 is 0 Å². The van der Waals surface area contributed by atoms with Crippen LogP contribution < -0.4 is 0 Å². The van der Waals surface area contributed by atoms with E-state index in [4.69, 9.17) is 0 Å². The molecule has 29 heavy (non-hydrogen) atoms. The van der Waals surface area contributed by atoms with Crippen LogP contribution in [0.15, 0.2) is 78.2 Å². The molecular weight excluding hydrogens is 362 g/mol. The maximum absolute atomic E-state index is 13.2. The van der Waals surface area contributed by atoms with Gasteiger partial charge < -0.3 is 5.11 Å². The van der Waals surface area contributed by atoms with Gasteiger partial charge in [-0.05, 0) is 59.5 Å². The number of benzene rings is 2. The Balaban J connectivity index is 1.68. The van der Waals surface area contributed by atoms with E-state index in [-0.39, 0.29) is 17.7 Å². The zero-order valence-electron chi connectivity index (χ0n) is 16.3. The molecular formula is C24H23N3O2. The molecule has 1 unspecified atom stereocenters. The summed E-state index contributed by atoms with van der Waals surface area (Å²) in [5.74, 6) is 0.0354. The number of hydrazone groups is 1. The number of phenols is 1. The summed E-state index contributed by atoms with van der Waals surface area (Å²) in [6, 6.07) is 18.7. The molecule has 0 spiro atoms. The van der Waals surface area contributed by atoms with E-state index in [2.05, 4.69) is 41.3 Å². The smallest absolute Gasteiger partial charge is 0.276 e. The molecule has 2 aromatic carbocycles. The second kappa shape index (κ2) is 8.27. The van der Waals surface area contributed by atoms with Gasteiger partial charge in [-0.1, -0.05) is 37.6 Å². The van der Waals surface area contributed by atoms with Crippen molar-refractivity contribution >= 4 is 11.6 Å². The Morgan fingerprint density at radius 1 is 1.10 bits per heavy atom. The number of hydrogen-bond donors (Lipinski definition) is 1. The van der Waals surface area contributed by atoms with Crippen LogP contribution in [0, 0.1) is 0 Å². The van der Waals surface area contributed by atoms with Crippen molar-refractivity contribution in [3.8, 4) is 5.75 Å². The minimum Gasteiger partial charge on any atom is -0.508 e. The summed E-state index contributed by atoms with van der Waals surface area (Å²) >= 11 is 0. The average molecular weight is 385 g/mol. The van der Waals surface area contributed by atoms with Gasteiger partial charge in [0.2, 0.25) is 0 Å². The maximum Gasteiger partial charge on any atom is 0.276 e. The maximum atomic E-state index is 13.2. The zero-order chi connectivity index (χ0) is 20.2. The fourth-order valence-electron chi connectivity index (χ4n) is 3.60. The van der Waals surface area contributed by atoms with Crippen molar-refractivity contribution in [1.82, 2.24) is 9.99 Å². The molecule has 146 valence electrons. The van der Waals surface area contributed by atoms with Crippen LogP contribution >= 0.6 is 0 Å². The van der Waals surface area contributed by atoms with E-state index in [1.54, 1.807) is 41.7 Å². The molecule has 5 nitrogen and oxygen atoms in total. The highest BCUT2D eigenvalue weighted by atomic mass is 16.3. The first kappa shape index (κ1) is 18.9. The molecule has 0 saturated carbocycles. The second-order valence-electron chi connectivity index (χ2n) is 7.20. The van der Waals surface area contributed by atoms with Gasteiger partial charge in [0.15, 0.2) is 0 Å². The van der Waals surface area contributed by atoms with E-state index >= 15 is 0 Å². The third-order valence-electron chi connectivity index (χ3n) is 5.13. The monoisotopic (exact) mass is 385 g/mol. The van der Waals surface area contributed by atoms with Crippen molar-refractivity contribution in [2.75, 3.05) is 0 Å². The highest BCUT2D eigenvalue weighted by molar-refractivity contribution is 6.05. The minimum absolute atomic E-state index is 0.172. The van der Waals surface area contributed by atoms with Crippen LogP contribution in [0.25, 0.3) is 0 Å². The molecule has 5 heteroatoms. The third-order valence-corrected chi connectivity index (χ3v) is 5.13. The van der Waals surface area contributed by atoms with Crippen LogP contribution in [0.2, 0.25) is 0 Å². The highest BCUT2D eigenvalue weighted by Gasteiger charge is 2.33. The van der Waals surface area contributed by atoms with E-state index in [0.29, 0.717) is 12.0 Å². The quantitative estimate of drug-likeness (QED) is 0.690. The van der Waals surface area contributed by atoms with Gasteiger partial charge in [0.05, 0.1) is 17.3 Å². The largest absolute Gasteiger partial charge is 0.508 e. The molecule has 0 aliphatic carbocycles. The number of aromatic nitrogens is 1. The lowest BCUT2D eigenvalue weighted by molar-refractivity contribution is 0.0710. The molecule has 1 aliphatic rings. The van der Waals surface area contributed by atoms with Crippen LogP contribution in [0.3, 0.4) is 0 Å². The van der Waals surface area contributed by atoms with E-state index in [1.165, 1.54) is 5.56 Å². The minimum atomic E-state index is -0.179. The summed E-state index contributed by atoms with van der Waals surface area (Å²) in [4.78, 5) is 17.2. The summed E-state index contributed by atoms with van der Waals surface area (Å²) < 4.78 is 0. The normalized spacial score (nSPS) is 16.0. The number of nitrogens with zero attached hydrogens (tertiary/aromatic N) is 3. The number of aryl methyl sites for hydroxylation is 1. The van der Waals surface area contributed by atoms with E-state index in [1.807, 2.05) is 12.1 Å². The molecule has 1 aromatic heterocycles. The Hall–Kier alpha value is -3.47. The summed E-state index contributed by atoms with van der Waals surface area (Å²) in [6.45, 7) is 2.16. The van der Waals surface area contributed by atoms with Crippen molar-refractivity contribution in [3.05, 3.63) is 95.3 Å². The fourth-order valence-corrected chi connectivity index (χ4v) is 3.60. The number of amides is 1. The summed E-state index contributed by atoms with van der Waals surface area (Å²) in [5.41, 5.74) is 4.58. The van der Waals surface area contributed by atoms with Crippen molar-refractivity contribution in [2.45, 2.75) is 32.2 Å². The third kappa shape index (κ3) is 4.04. The Morgan fingerprint density at radius 3 is 2.52 bits per heavy atom. The molecule has 1 amide bonds. The van der Waals surface area contributed by atoms with E-state index in [0.717, 1.165) is 29.7 Å². The Morgan fingerprint density at radius 2 is 1.86 bits per heavy atom. The van der Waals surface area contributed by atoms with Gasteiger partial charge in [-0.3, -0.25) is 9.78 Å². The lowest BCUT2D eigenvalue weighted by Crippen LogP contribution is -2.27. The van der Waals surface area contributed by atoms with Crippen LogP contribution in [-0.4, -0.2) is 26.7 Å². The van der Waals surface area contributed by atoms with E-state index < -0.39 is 0 Å². The molecule has 1 N–H and O–H groups in total. The first-order valence-electron chi connectivity index (χ1n) is 9.85. The van der Waals surface area contributed by atoms with Crippen LogP contribution in [0.4, 0.5) is 0 Å². The molecule has 1 atom stereocenters. The van der Waals surface area contributed by atoms with Crippen LogP contribution in [0.5, 0.6) is 5.75 Å². The van der Waals surface area contributed by atoms with Gasteiger partial charge in [0.1, 0.15) is 5.75 Å². The van der Waals surface area contributed by atoms with Crippen molar-refractivity contribution in [1.29, 1.82) is 0 Å². The van der Waals surface area contributed by atoms with Crippen LogP contribution in [0.1, 0.15) is 52.9 Å². The van der Waals surface area contributed by atoms with Crippen molar-refractivity contribution < 1.29 is 9.90 Å². The molecule has 0 saturated heterocycles. The summed E-state index contributed by atoms with van der Waals surface area (Å²) in [5, 5.41) is 15.8. The number of carbonyl (C=O) groups is 1. The lowest BCUT2D eigenvalue weighted by atomic mass is 9.96. The van der Waals surface area contributed by atoms with Gasteiger partial charge in [0.25, 0.3) is 5.91 Å². The SMILES string of the molecule is CCCc1ccc(C2CC(c3ccc(O)cc3)=NN2C(=O)c2cccnc2)cc1. The predicted molar refractivity (Wildman–Crippen MR) is 113 cm³/mol. The molecule has 2 heterocycles. The molecule has 0 fully saturated rings. The average Bonchev–Trinajstić information content (AvgIpc) is 3.20. The van der Waals surface area contributed by atoms with Gasteiger partial charge in [-0.25, -0.2) is 5.01 Å². The topological polar surface area (TPSA) is 65.8 Å². The van der Waals surface area contributed by atoms with E-state index in [9.17, 15) is 9.90 Å². The molecule has 4 rings (SSSR count). The first-order valence-corrected chi connectivity index (χ1v) is 9.85. The summed E-state index contributed by atoms with van der Waals surface area (Å²) in [6.07, 6.45) is 5.97. The van der Waals surface area contributed by atoms with Gasteiger partial charge in [-0.2, -0.15) is 5.10 Å². The zero-order valence-corrected chi connectivity index (χ0v) is 16.3. The standard InChI is InChI=1S/C24H23N3O2/c1-2-4-17-6-8-19(9-7-17)23-15-22(18-10-12-21(28)13-11-18)26-27(23)24(29)20-5-3-14-25-16-20/h3,5-14,16,23,28H,2,4,15H2,1H3. The fraction of sp³-hybridized carbons (Fsp3) is 0.208. The first-order chi connectivity index (χ1) is 14.2.